The first kappa shape index (κ1) is 14.2. The molecule has 1 aliphatic heterocycles. The van der Waals surface area contributed by atoms with Gasteiger partial charge in [0.05, 0.1) is 4.92 Å². The predicted octanol–water partition coefficient (Wildman–Crippen LogP) is 1.69. The Labute approximate surface area is 116 Å². The van der Waals surface area contributed by atoms with Gasteiger partial charge in [0.15, 0.2) is 0 Å². The zero-order chi connectivity index (χ0) is 14.9. The van der Waals surface area contributed by atoms with Crippen LogP contribution in [-0.4, -0.2) is 33.8 Å². The van der Waals surface area contributed by atoms with E-state index in [0.717, 1.165) is 12.6 Å². The van der Waals surface area contributed by atoms with E-state index in [1.807, 2.05) is 0 Å². The van der Waals surface area contributed by atoms with Gasteiger partial charge >= 0.3 is 0 Å². The number of nitrogen functional groups attached to an aromatic ring is 1. The first-order valence-electron chi connectivity index (χ1n) is 6.59. The molecule has 0 radical (unpaired) electrons. The van der Waals surface area contributed by atoms with Crippen LogP contribution in [0.3, 0.4) is 0 Å². The van der Waals surface area contributed by atoms with Gasteiger partial charge in [0, 0.05) is 13.1 Å². The Morgan fingerprint density at radius 3 is 2.80 bits per heavy atom. The zero-order valence-corrected chi connectivity index (χ0v) is 11.6. The van der Waals surface area contributed by atoms with E-state index in [1.54, 1.807) is 4.90 Å². The molecule has 0 aliphatic carbocycles. The van der Waals surface area contributed by atoms with Crippen LogP contribution in [0.1, 0.15) is 30.6 Å². The van der Waals surface area contributed by atoms with Crippen molar-refractivity contribution in [1.82, 2.24) is 9.88 Å². The molecule has 1 aromatic rings. The number of rotatable bonds is 2. The van der Waals surface area contributed by atoms with Crippen molar-refractivity contribution < 1.29 is 9.72 Å². The Bertz CT molecular complexity index is 546. The summed E-state index contributed by atoms with van der Waals surface area (Å²) in [7, 11) is 0. The largest absolute Gasteiger partial charge is 0.384 e. The molecule has 2 atom stereocenters. The van der Waals surface area contributed by atoms with Gasteiger partial charge in [0.2, 0.25) is 0 Å². The van der Waals surface area contributed by atoms with Crippen molar-refractivity contribution in [3.05, 3.63) is 27.9 Å². The average molecular weight is 278 g/mol. The molecule has 2 rings (SSSR count). The number of hydrogen-bond acceptors (Lipinski definition) is 5. The van der Waals surface area contributed by atoms with Gasteiger partial charge in [0.25, 0.3) is 11.6 Å². The molecule has 1 aliphatic rings. The molecule has 0 aromatic carbocycles. The molecule has 7 heteroatoms. The summed E-state index contributed by atoms with van der Waals surface area (Å²) in [6.45, 7) is 5.46. The highest BCUT2D eigenvalue weighted by Gasteiger charge is 2.30. The Kier molecular flexibility index (Phi) is 3.87. The number of nitrogens with zero attached hydrogens (tertiary/aromatic N) is 3. The van der Waals surface area contributed by atoms with E-state index in [0.29, 0.717) is 24.9 Å². The highest BCUT2D eigenvalue weighted by molar-refractivity contribution is 5.98. The predicted molar refractivity (Wildman–Crippen MR) is 74.2 cm³/mol. The lowest BCUT2D eigenvalue weighted by atomic mass is 9.88. The molecule has 0 spiro atoms. The monoisotopic (exact) mass is 278 g/mol. The Morgan fingerprint density at radius 2 is 2.20 bits per heavy atom. The summed E-state index contributed by atoms with van der Waals surface area (Å²) in [6.07, 6.45) is 1.94. The Balaban J connectivity index is 2.29. The van der Waals surface area contributed by atoms with Crippen LogP contribution in [0, 0.1) is 22.0 Å². The average Bonchev–Trinajstić information content (AvgIpc) is 2.40. The molecule has 20 heavy (non-hydrogen) atoms. The minimum absolute atomic E-state index is 0.0178. The molecule has 0 saturated carbocycles. The number of nitrogens with two attached hydrogens (primary N) is 1. The van der Waals surface area contributed by atoms with Crippen LogP contribution in [0.2, 0.25) is 0 Å². The number of carbonyl (C=O) groups is 1. The fourth-order valence-electron chi connectivity index (χ4n) is 2.40. The van der Waals surface area contributed by atoms with Gasteiger partial charge in [-0.25, -0.2) is 4.98 Å². The van der Waals surface area contributed by atoms with E-state index < -0.39 is 4.92 Å². The van der Waals surface area contributed by atoms with Crippen LogP contribution in [0.5, 0.6) is 0 Å². The fraction of sp³-hybridized carbons (Fsp3) is 0.538. The van der Waals surface area contributed by atoms with E-state index in [4.69, 9.17) is 5.73 Å². The van der Waals surface area contributed by atoms with Gasteiger partial charge in [0.1, 0.15) is 17.6 Å². The Hall–Kier alpha value is -2.18. The molecule has 1 amide bonds. The molecule has 108 valence electrons. The second-order valence-corrected chi connectivity index (χ2v) is 5.38. The van der Waals surface area contributed by atoms with E-state index in [-0.39, 0.29) is 23.0 Å². The van der Waals surface area contributed by atoms with Gasteiger partial charge in [-0.3, -0.25) is 14.9 Å². The molecule has 0 bridgehead atoms. The molecular formula is C13H18N4O3. The lowest BCUT2D eigenvalue weighted by Crippen LogP contribution is -2.42. The third-order valence-electron chi connectivity index (χ3n) is 3.95. The van der Waals surface area contributed by atoms with Crippen molar-refractivity contribution in [2.24, 2.45) is 11.8 Å². The summed E-state index contributed by atoms with van der Waals surface area (Å²) in [5.74, 6) is 0.699. The van der Waals surface area contributed by atoms with E-state index in [1.165, 1.54) is 6.07 Å². The maximum Gasteiger partial charge on any atom is 0.300 e. The van der Waals surface area contributed by atoms with Crippen LogP contribution in [0.4, 0.5) is 11.5 Å². The van der Waals surface area contributed by atoms with Crippen molar-refractivity contribution in [3.63, 3.8) is 0 Å². The van der Waals surface area contributed by atoms with Gasteiger partial charge in [-0.1, -0.05) is 13.8 Å². The van der Waals surface area contributed by atoms with Crippen molar-refractivity contribution >= 4 is 17.4 Å². The topological polar surface area (TPSA) is 102 Å². The molecule has 1 saturated heterocycles. The summed E-state index contributed by atoms with van der Waals surface area (Å²) in [4.78, 5) is 28.2. The Morgan fingerprint density at radius 1 is 1.50 bits per heavy atom. The summed E-state index contributed by atoms with van der Waals surface area (Å²) >= 11 is 0. The van der Waals surface area contributed by atoms with Gasteiger partial charge < -0.3 is 10.6 Å². The number of anilines is 1. The standard InChI is InChI=1S/C13H18N4O3/c1-8-3-4-16(7-9(8)2)13(18)10-5-12(14)15-6-11(10)17(19)20/h5-6,8-9H,3-4,7H2,1-2H3,(H2,14,15). The summed E-state index contributed by atoms with van der Waals surface area (Å²) in [5, 5.41) is 11.0. The van der Waals surface area contributed by atoms with Crippen molar-refractivity contribution in [1.29, 1.82) is 0 Å². The number of hydrogen-bond donors (Lipinski definition) is 1. The van der Waals surface area contributed by atoms with Crippen molar-refractivity contribution in [2.45, 2.75) is 20.3 Å². The number of piperidine rings is 1. The van der Waals surface area contributed by atoms with E-state index in [9.17, 15) is 14.9 Å². The highest BCUT2D eigenvalue weighted by Crippen LogP contribution is 2.26. The molecule has 7 nitrogen and oxygen atoms in total. The molecule has 2 N–H and O–H groups in total. The number of nitro groups is 1. The smallest absolute Gasteiger partial charge is 0.300 e. The first-order valence-corrected chi connectivity index (χ1v) is 6.59. The summed E-state index contributed by atoms with van der Waals surface area (Å²) < 4.78 is 0. The second-order valence-electron chi connectivity index (χ2n) is 5.38. The number of pyridine rings is 1. The quantitative estimate of drug-likeness (QED) is 0.655. The van der Waals surface area contributed by atoms with Gasteiger partial charge in [-0.05, 0) is 24.3 Å². The summed E-state index contributed by atoms with van der Waals surface area (Å²) in [5.41, 5.74) is 5.26. The molecule has 2 unspecified atom stereocenters. The van der Waals surface area contributed by atoms with Crippen molar-refractivity contribution in [3.8, 4) is 0 Å². The lowest BCUT2D eigenvalue weighted by Gasteiger charge is -2.35. The van der Waals surface area contributed by atoms with Crippen molar-refractivity contribution in [2.75, 3.05) is 18.8 Å². The minimum atomic E-state index is -0.602. The molecular weight excluding hydrogens is 260 g/mol. The lowest BCUT2D eigenvalue weighted by molar-refractivity contribution is -0.385. The number of likely N-dealkylation sites (tertiary alicyclic amines) is 1. The highest BCUT2D eigenvalue weighted by atomic mass is 16.6. The van der Waals surface area contributed by atoms with Crippen LogP contribution >= 0.6 is 0 Å². The summed E-state index contributed by atoms with van der Waals surface area (Å²) in [6, 6.07) is 1.28. The molecule has 1 aromatic heterocycles. The number of aromatic nitrogens is 1. The third-order valence-corrected chi connectivity index (χ3v) is 3.95. The van der Waals surface area contributed by atoms with Crippen LogP contribution in [-0.2, 0) is 0 Å². The first-order chi connectivity index (χ1) is 9.40. The van der Waals surface area contributed by atoms with Gasteiger partial charge in [-0.15, -0.1) is 0 Å². The fourth-order valence-corrected chi connectivity index (χ4v) is 2.40. The maximum atomic E-state index is 12.5. The SMILES string of the molecule is CC1CCN(C(=O)c2cc(N)ncc2[N+](=O)[O-])CC1C. The van der Waals surface area contributed by atoms with Crippen LogP contribution < -0.4 is 5.73 Å². The number of amides is 1. The zero-order valence-electron chi connectivity index (χ0n) is 11.6. The van der Waals surface area contributed by atoms with E-state index in [2.05, 4.69) is 18.8 Å². The molecule has 1 fully saturated rings. The normalized spacial score (nSPS) is 22.6. The maximum absolute atomic E-state index is 12.5. The van der Waals surface area contributed by atoms with Gasteiger partial charge in [-0.2, -0.15) is 0 Å². The van der Waals surface area contributed by atoms with Crippen LogP contribution in [0.25, 0.3) is 0 Å². The minimum Gasteiger partial charge on any atom is -0.384 e. The van der Waals surface area contributed by atoms with E-state index >= 15 is 0 Å². The van der Waals surface area contributed by atoms with Crippen LogP contribution in [0.15, 0.2) is 12.3 Å². The molecule has 2 heterocycles. The third kappa shape index (κ3) is 2.71. The number of carbonyl (C=O) groups excluding carboxylic acids is 1. The second kappa shape index (κ2) is 5.44.